The first-order valence-electron chi connectivity index (χ1n) is 28.5. The Morgan fingerprint density at radius 3 is 1.19 bits per heavy atom. The molecule has 0 aliphatic rings. The number of quaternary nitrogens is 1. The average Bonchev–Trinajstić information content (AvgIpc) is 3.29. The van der Waals surface area contributed by atoms with E-state index < -0.39 is 18.1 Å². The molecule has 0 aromatic carbocycles. The molecule has 67 heavy (non-hydrogen) atoms. The highest BCUT2D eigenvalue weighted by molar-refractivity contribution is 5.72. The number of carboxylic acid groups (broad SMARTS) is 1. The van der Waals surface area contributed by atoms with Crippen LogP contribution >= 0.6 is 0 Å². The minimum absolute atomic E-state index is 0.0501. The van der Waals surface area contributed by atoms with Crippen LogP contribution in [0.2, 0.25) is 0 Å². The second-order valence-corrected chi connectivity index (χ2v) is 20.6. The number of ether oxygens (including phenoxy) is 3. The first-order chi connectivity index (χ1) is 32.6. The third-order valence-corrected chi connectivity index (χ3v) is 13.0. The Bertz CT molecular complexity index is 1190. The van der Waals surface area contributed by atoms with E-state index >= 15 is 0 Å². The van der Waals surface area contributed by atoms with Crippen LogP contribution in [-0.2, 0) is 28.6 Å². The predicted molar refractivity (Wildman–Crippen MR) is 285 cm³/mol. The lowest BCUT2D eigenvalue weighted by Gasteiger charge is -2.31. The molecule has 0 bridgehead atoms. The molecule has 392 valence electrons. The Kier molecular flexibility index (Phi) is 48.1. The number of carbonyl (C=O) groups excluding carboxylic acids is 2. The zero-order chi connectivity index (χ0) is 49.2. The summed E-state index contributed by atoms with van der Waals surface area (Å²) in [6.45, 7) is 4.75. The summed E-state index contributed by atoms with van der Waals surface area (Å²) in [5, 5.41) is 9.68. The van der Waals surface area contributed by atoms with Crippen LogP contribution in [0.15, 0.2) is 36.5 Å². The van der Waals surface area contributed by atoms with E-state index in [1.165, 1.54) is 186 Å². The molecule has 2 atom stereocenters. The van der Waals surface area contributed by atoms with E-state index in [-0.39, 0.29) is 36.2 Å². The van der Waals surface area contributed by atoms with Crippen LogP contribution in [0.5, 0.6) is 0 Å². The topological polar surface area (TPSA) is 99.1 Å². The van der Waals surface area contributed by atoms with E-state index in [1.807, 2.05) is 21.1 Å². The number of likely N-dealkylation sites (N-methyl/N-ethyl adjacent to an activating group) is 1. The number of allylic oxidation sites excluding steroid dienone is 6. The molecule has 0 saturated heterocycles. The molecule has 0 fully saturated rings. The fourth-order valence-corrected chi connectivity index (χ4v) is 8.63. The fourth-order valence-electron chi connectivity index (χ4n) is 8.63. The van der Waals surface area contributed by atoms with Crippen molar-refractivity contribution in [1.82, 2.24) is 0 Å². The summed E-state index contributed by atoms with van der Waals surface area (Å²) in [5.41, 5.74) is 0. The summed E-state index contributed by atoms with van der Waals surface area (Å²) in [5.74, 6) is -1.45. The van der Waals surface area contributed by atoms with Crippen LogP contribution in [0.3, 0.4) is 0 Å². The number of rotatable bonds is 52. The van der Waals surface area contributed by atoms with Gasteiger partial charge in [-0.1, -0.05) is 237 Å². The molecule has 0 amide bonds. The quantitative estimate of drug-likeness (QED) is 0.0281. The van der Waals surface area contributed by atoms with Crippen LogP contribution in [0, 0.1) is 0 Å². The smallest absolute Gasteiger partial charge is 0.362 e. The number of unbranched alkanes of at least 4 members (excludes halogenated alkanes) is 32. The third kappa shape index (κ3) is 48.4. The van der Waals surface area contributed by atoms with Gasteiger partial charge in [-0.05, 0) is 51.4 Å². The van der Waals surface area contributed by atoms with Gasteiger partial charge in [-0.15, -0.1) is 0 Å². The van der Waals surface area contributed by atoms with E-state index in [2.05, 4.69) is 50.3 Å². The largest absolute Gasteiger partial charge is 0.477 e. The van der Waals surface area contributed by atoms with Crippen LogP contribution in [0.1, 0.15) is 271 Å². The molecule has 0 aliphatic carbocycles. The molecule has 8 heteroatoms. The summed E-state index contributed by atoms with van der Waals surface area (Å²) >= 11 is 0. The lowest BCUT2D eigenvalue weighted by Crippen LogP contribution is -2.50. The van der Waals surface area contributed by atoms with E-state index in [1.54, 1.807) is 0 Å². The fraction of sp³-hybridized carbons (Fsp3) is 0.847. The first kappa shape index (κ1) is 64.5. The molecular formula is C59H110NO7+. The van der Waals surface area contributed by atoms with Gasteiger partial charge in [0.15, 0.2) is 12.1 Å². The van der Waals surface area contributed by atoms with Gasteiger partial charge in [0.25, 0.3) is 0 Å². The van der Waals surface area contributed by atoms with E-state index in [4.69, 9.17) is 14.2 Å². The second kappa shape index (κ2) is 50.0. The van der Waals surface area contributed by atoms with Gasteiger partial charge in [0, 0.05) is 19.3 Å². The molecule has 1 N–H and O–H groups in total. The van der Waals surface area contributed by atoms with Crippen LogP contribution in [0.25, 0.3) is 0 Å². The number of carboxylic acids is 1. The molecule has 2 unspecified atom stereocenters. The lowest BCUT2D eigenvalue weighted by atomic mass is 10.0. The number of aliphatic carboxylic acids is 1. The van der Waals surface area contributed by atoms with Gasteiger partial charge in [-0.2, -0.15) is 0 Å². The maximum absolute atomic E-state index is 12.8. The summed E-state index contributed by atoms with van der Waals surface area (Å²) < 4.78 is 17.4. The van der Waals surface area contributed by atoms with Crippen molar-refractivity contribution >= 4 is 17.9 Å². The number of esters is 2. The maximum Gasteiger partial charge on any atom is 0.362 e. The zero-order valence-electron chi connectivity index (χ0n) is 44.9. The molecule has 0 spiro atoms. The normalized spacial score (nSPS) is 13.0. The van der Waals surface area contributed by atoms with Gasteiger partial charge in [0.1, 0.15) is 6.61 Å². The van der Waals surface area contributed by atoms with Gasteiger partial charge in [0.2, 0.25) is 0 Å². The third-order valence-electron chi connectivity index (χ3n) is 13.0. The van der Waals surface area contributed by atoms with Crippen LogP contribution in [-0.4, -0.2) is 80.6 Å². The minimum Gasteiger partial charge on any atom is -0.477 e. The lowest BCUT2D eigenvalue weighted by molar-refractivity contribution is -0.887. The predicted octanol–water partition coefficient (Wildman–Crippen LogP) is 16.9. The van der Waals surface area contributed by atoms with Gasteiger partial charge >= 0.3 is 17.9 Å². The highest BCUT2D eigenvalue weighted by Gasteiger charge is 2.31. The van der Waals surface area contributed by atoms with Gasteiger partial charge < -0.3 is 23.8 Å². The molecule has 0 heterocycles. The highest BCUT2D eigenvalue weighted by Crippen LogP contribution is 2.17. The van der Waals surface area contributed by atoms with Crippen molar-refractivity contribution in [3.05, 3.63) is 36.5 Å². The zero-order valence-corrected chi connectivity index (χ0v) is 44.9. The van der Waals surface area contributed by atoms with E-state index in [0.717, 1.165) is 51.4 Å². The summed E-state index contributed by atoms with van der Waals surface area (Å²) in [6, 6.07) is -0.615. The second-order valence-electron chi connectivity index (χ2n) is 20.6. The Balaban J connectivity index is 4.16. The van der Waals surface area contributed by atoms with Crippen molar-refractivity contribution in [3.8, 4) is 0 Å². The monoisotopic (exact) mass is 945 g/mol. The number of carbonyl (C=O) groups is 3. The van der Waals surface area contributed by atoms with Gasteiger partial charge in [-0.3, -0.25) is 9.59 Å². The Morgan fingerprint density at radius 2 is 0.791 bits per heavy atom. The summed E-state index contributed by atoms with van der Waals surface area (Å²) in [4.78, 5) is 37.3. The van der Waals surface area contributed by atoms with Gasteiger partial charge in [-0.25, -0.2) is 4.79 Å². The van der Waals surface area contributed by atoms with Gasteiger partial charge in [0.05, 0.1) is 34.4 Å². The van der Waals surface area contributed by atoms with Crippen molar-refractivity contribution in [2.24, 2.45) is 0 Å². The van der Waals surface area contributed by atoms with Crippen molar-refractivity contribution in [2.75, 3.05) is 41.0 Å². The Hall–Kier alpha value is -2.45. The molecule has 0 aliphatic heterocycles. The summed E-state index contributed by atoms with van der Waals surface area (Å²) in [7, 11) is 5.55. The number of hydrogen-bond donors (Lipinski definition) is 1. The van der Waals surface area contributed by atoms with Crippen molar-refractivity contribution in [3.63, 3.8) is 0 Å². The average molecular weight is 946 g/mol. The molecule has 8 nitrogen and oxygen atoms in total. The number of nitrogens with zero attached hydrogens (tertiary/aromatic N) is 1. The summed E-state index contributed by atoms with van der Waals surface area (Å²) in [6.07, 6.45) is 60.6. The molecule has 0 rings (SSSR count). The van der Waals surface area contributed by atoms with Crippen LogP contribution in [0.4, 0.5) is 0 Å². The minimum atomic E-state index is -0.872. The van der Waals surface area contributed by atoms with Crippen molar-refractivity contribution in [2.45, 2.75) is 283 Å². The first-order valence-corrected chi connectivity index (χ1v) is 28.5. The SMILES string of the molecule is CCCCC/C=C/C/C=C/C/C=C/CCCCCCCCCCCC(=O)OCC(COCCC(C(=O)O)[N+](C)(C)C)OC(=O)CCCCCCCCCCCCCCCCCCCCCCC. The number of hydrogen-bond acceptors (Lipinski definition) is 6. The standard InChI is InChI=1S/C59H109NO7/c1-6-8-10-12-14-16-18-20-22-24-26-28-30-31-33-35-37-39-41-43-45-47-49-57(61)66-54-55(53-65-52-51-56(59(63)64)60(3,4)5)67-58(62)50-48-46-44-42-40-38-36-34-32-29-27-25-23-21-19-17-15-13-11-9-7-2/h14,16,20,22,26,28,55-56H,6-13,15,17-19,21,23-25,27,29-54H2,1-5H3/p+1/b16-14+,22-20+,28-26+. The van der Waals surface area contributed by atoms with E-state index in [9.17, 15) is 19.5 Å². The molecule has 0 aromatic heterocycles. The molecule has 0 aromatic rings. The molecule has 0 radical (unpaired) electrons. The van der Waals surface area contributed by atoms with Crippen molar-refractivity contribution < 1.29 is 38.2 Å². The van der Waals surface area contributed by atoms with Crippen LogP contribution < -0.4 is 0 Å². The van der Waals surface area contributed by atoms with E-state index in [0.29, 0.717) is 19.3 Å². The van der Waals surface area contributed by atoms with Crippen molar-refractivity contribution in [1.29, 1.82) is 0 Å². The Labute approximate surface area is 414 Å². The molecular weight excluding hydrogens is 835 g/mol. The maximum atomic E-state index is 12.8. The molecule has 0 saturated carbocycles. The Morgan fingerprint density at radius 1 is 0.448 bits per heavy atom. The highest BCUT2D eigenvalue weighted by atomic mass is 16.6.